The van der Waals surface area contributed by atoms with Crippen LogP contribution in [0.15, 0.2) is 11.1 Å². The molecule has 0 unspecified atom stereocenters. The molecule has 3 heterocycles. The van der Waals surface area contributed by atoms with Gasteiger partial charge < -0.3 is 20.1 Å². The number of aliphatic hydroxyl groups excluding tert-OH is 3. The Morgan fingerprint density at radius 1 is 1.31 bits per heavy atom. The summed E-state index contributed by atoms with van der Waals surface area (Å²) in [6, 6.07) is 0. The molecule has 1 saturated carbocycles. The lowest BCUT2D eigenvalue weighted by molar-refractivity contribution is -0.116. The van der Waals surface area contributed by atoms with Crippen molar-refractivity contribution < 1.29 is 24.9 Å². The summed E-state index contributed by atoms with van der Waals surface area (Å²) in [6.45, 7) is -0.475. The van der Waals surface area contributed by atoms with E-state index in [0.29, 0.717) is 12.3 Å². The van der Waals surface area contributed by atoms with Gasteiger partial charge in [-0.1, -0.05) is 25.7 Å². The van der Waals surface area contributed by atoms with Crippen molar-refractivity contribution in [3.63, 3.8) is 0 Å². The van der Waals surface area contributed by atoms with Crippen LogP contribution < -0.4 is 10.9 Å². The first-order valence-electron chi connectivity index (χ1n) is 9.87. The number of hydrogen-bond acceptors (Lipinski definition) is 8. The van der Waals surface area contributed by atoms with Crippen LogP contribution in [0.2, 0.25) is 0 Å². The van der Waals surface area contributed by atoms with Crippen LogP contribution in [0.25, 0.3) is 11.2 Å². The smallest absolute Gasteiger partial charge is 0.280 e. The number of ether oxygens (including phenoxy) is 1. The van der Waals surface area contributed by atoms with E-state index in [1.807, 2.05) is 0 Å². The summed E-state index contributed by atoms with van der Waals surface area (Å²) in [4.78, 5) is 35.3. The quantitative estimate of drug-likeness (QED) is 0.433. The molecule has 5 N–H and O–H groups in total. The number of aromatic nitrogens is 4. The highest BCUT2D eigenvalue weighted by Crippen LogP contribution is 2.31. The van der Waals surface area contributed by atoms with Crippen LogP contribution in [0.1, 0.15) is 44.8 Å². The van der Waals surface area contributed by atoms with E-state index in [1.165, 1.54) is 23.7 Å². The lowest BCUT2D eigenvalue weighted by Gasteiger charge is -2.16. The molecule has 158 valence electrons. The lowest BCUT2D eigenvalue weighted by atomic mass is 10.0. The molecule has 0 radical (unpaired) electrons. The number of H-pyrrole nitrogens is 1. The Balaban J connectivity index is 1.53. The Kier molecular flexibility index (Phi) is 5.63. The second-order valence-electron chi connectivity index (χ2n) is 7.70. The summed E-state index contributed by atoms with van der Waals surface area (Å²) >= 11 is 0. The van der Waals surface area contributed by atoms with E-state index in [9.17, 15) is 24.9 Å². The van der Waals surface area contributed by atoms with Crippen molar-refractivity contribution in [2.24, 2.45) is 5.92 Å². The second-order valence-corrected chi connectivity index (χ2v) is 7.70. The third kappa shape index (κ3) is 3.90. The first-order valence-corrected chi connectivity index (χ1v) is 9.87. The summed E-state index contributed by atoms with van der Waals surface area (Å²) in [7, 11) is 0. The number of anilines is 1. The summed E-state index contributed by atoms with van der Waals surface area (Å²) in [6.07, 6.45) is 2.46. The molecule has 11 heteroatoms. The highest BCUT2D eigenvalue weighted by Gasteiger charge is 2.44. The van der Waals surface area contributed by atoms with Gasteiger partial charge in [0, 0.05) is 6.42 Å². The SMILES string of the molecule is O=C(CCC1CCCC1)Nc1nc2c(ncn2[C@@H]2O[C@H](CO)[C@@H](O)[C@H]2O)c(=O)[nH]1. The number of carbonyl (C=O) groups excluding carboxylic acids is 1. The molecule has 4 atom stereocenters. The van der Waals surface area contributed by atoms with Crippen molar-refractivity contribution >= 4 is 23.0 Å². The largest absolute Gasteiger partial charge is 0.394 e. The third-order valence-electron chi connectivity index (χ3n) is 5.74. The molecule has 1 saturated heterocycles. The maximum atomic E-state index is 12.3. The number of carbonyl (C=O) groups is 1. The zero-order valence-corrected chi connectivity index (χ0v) is 15.8. The Labute approximate surface area is 165 Å². The van der Waals surface area contributed by atoms with E-state index in [1.54, 1.807) is 0 Å². The van der Waals surface area contributed by atoms with Crippen LogP contribution in [0.3, 0.4) is 0 Å². The Hall–Kier alpha value is -2.34. The minimum Gasteiger partial charge on any atom is -0.394 e. The molecule has 2 fully saturated rings. The van der Waals surface area contributed by atoms with Crippen LogP contribution in [0.5, 0.6) is 0 Å². The molecule has 0 spiro atoms. The number of aromatic amines is 1. The van der Waals surface area contributed by atoms with Gasteiger partial charge >= 0.3 is 0 Å². The molecule has 0 aromatic carbocycles. The summed E-state index contributed by atoms with van der Waals surface area (Å²) in [5.41, 5.74) is -0.451. The number of rotatable bonds is 6. The predicted molar refractivity (Wildman–Crippen MR) is 101 cm³/mol. The predicted octanol–water partition coefficient (Wildman–Crippen LogP) is -0.360. The highest BCUT2D eigenvalue weighted by molar-refractivity contribution is 5.89. The average molecular weight is 407 g/mol. The minimum absolute atomic E-state index is 0.00620. The highest BCUT2D eigenvalue weighted by atomic mass is 16.6. The van der Waals surface area contributed by atoms with Crippen molar-refractivity contribution in [3.8, 4) is 0 Å². The van der Waals surface area contributed by atoms with Gasteiger partial charge in [-0.15, -0.1) is 0 Å². The number of imidazole rings is 1. The topological polar surface area (TPSA) is 163 Å². The Bertz CT molecular complexity index is 936. The van der Waals surface area contributed by atoms with Gasteiger partial charge in [-0.25, -0.2) is 4.98 Å². The maximum Gasteiger partial charge on any atom is 0.280 e. The zero-order valence-electron chi connectivity index (χ0n) is 15.8. The average Bonchev–Trinajstić information content (AvgIpc) is 3.41. The van der Waals surface area contributed by atoms with E-state index in [4.69, 9.17) is 4.74 Å². The molecule has 2 aliphatic rings. The lowest BCUT2D eigenvalue weighted by Crippen LogP contribution is -2.33. The first-order chi connectivity index (χ1) is 14.0. The van der Waals surface area contributed by atoms with Crippen LogP contribution in [-0.4, -0.2) is 65.7 Å². The molecule has 0 bridgehead atoms. The molecule has 11 nitrogen and oxygen atoms in total. The van der Waals surface area contributed by atoms with Gasteiger partial charge in [-0.05, 0) is 12.3 Å². The van der Waals surface area contributed by atoms with E-state index in [0.717, 1.165) is 19.3 Å². The van der Waals surface area contributed by atoms with E-state index in [2.05, 4.69) is 20.3 Å². The van der Waals surface area contributed by atoms with Crippen LogP contribution in [0, 0.1) is 5.92 Å². The van der Waals surface area contributed by atoms with Crippen molar-refractivity contribution in [1.29, 1.82) is 0 Å². The summed E-state index contributed by atoms with van der Waals surface area (Å²) < 4.78 is 6.79. The van der Waals surface area contributed by atoms with Gasteiger partial charge in [0.05, 0.1) is 12.9 Å². The monoisotopic (exact) mass is 407 g/mol. The van der Waals surface area contributed by atoms with Crippen LogP contribution in [0.4, 0.5) is 5.95 Å². The third-order valence-corrected chi connectivity index (χ3v) is 5.74. The first kappa shape index (κ1) is 20.0. The van der Waals surface area contributed by atoms with Crippen LogP contribution >= 0.6 is 0 Å². The molecule has 1 aliphatic heterocycles. The number of hydrogen-bond donors (Lipinski definition) is 5. The fourth-order valence-electron chi connectivity index (χ4n) is 4.11. The number of nitrogens with zero attached hydrogens (tertiary/aromatic N) is 3. The number of nitrogens with one attached hydrogen (secondary N) is 2. The molecular formula is C18H25N5O6. The van der Waals surface area contributed by atoms with Crippen molar-refractivity contribution in [3.05, 3.63) is 16.7 Å². The number of amides is 1. The van der Waals surface area contributed by atoms with Crippen molar-refractivity contribution in [2.45, 2.75) is 63.1 Å². The molecule has 2 aromatic rings. The zero-order chi connectivity index (χ0) is 20.5. The molecule has 1 amide bonds. The Morgan fingerprint density at radius 3 is 2.76 bits per heavy atom. The molecule has 29 heavy (non-hydrogen) atoms. The fourth-order valence-corrected chi connectivity index (χ4v) is 4.11. The standard InChI is InChI=1S/C18H25N5O6/c24-7-10-13(26)14(27)17(29-10)23-8-19-12-15(23)21-18(22-16(12)28)20-11(25)6-5-9-3-1-2-4-9/h8-10,13-14,17,24,26-27H,1-7H2,(H2,20,21,22,25,28)/t10-,13-,14-,17-/m1/s1. The maximum absolute atomic E-state index is 12.3. The van der Waals surface area contributed by atoms with Gasteiger partial charge in [0.15, 0.2) is 17.4 Å². The number of fused-ring (bicyclic) bond motifs is 1. The normalized spacial score (nSPS) is 27.7. The molecular weight excluding hydrogens is 382 g/mol. The van der Waals surface area contributed by atoms with E-state index < -0.39 is 36.7 Å². The summed E-state index contributed by atoms with van der Waals surface area (Å²) in [5.74, 6) is 0.314. The minimum atomic E-state index is -1.34. The summed E-state index contributed by atoms with van der Waals surface area (Å²) in [5, 5.41) is 32.1. The van der Waals surface area contributed by atoms with Gasteiger partial charge in [0.2, 0.25) is 11.9 Å². The van der Waals surface area contributed by atoms with E-state index >= 15 is 0 Å². The van der Waals surface area contributed by atoms with Gasteiger partial charge in [0.1, 0.15) is 18.3 Å². The molecule has 2 aromatic heterocycles. The Morgan fingerprint density at radius 2 is 2.07 bits per heavy atom. The van der Waals surface area contributed by atoms with E-state index in [-0.39, 0.29) is 23.0 Å². The second kappa shape index (κ2) is 8.19. The number of aliphatic hydroxyl groups is 3. The van der Waals surface area contributed by atoms with Crippen molar-refractivity contribution in [1.82, 2.24) is 19.5 Å². The van der Waals surface area contributed by atoms with Crippen molar-refractivity contribution in [2.75, 3.05) is 11.9 Å². The van der Waals surface area contributed by atoms with Crippen LogP contribution in [-0.2, 0) is 9.53 Å². The van der Waals surface area contributed by atoms with Gasteiger partial charge in [-0.3, -0.25) is 24.5 Å². The van der Waals surface area contributed by atoms with Gasteiger partial charge in [-0.2, -0.15) is 4.98 Å². The fraction of sp³-hybridized carbons (Fsp3) is 0.667. The van der Waals surface area contributed by atoms with Gasteiger partial charge in [0.25, 0.3) is 5.56 Å². The molecule has 4 rings (SSSR count). The molecule has 1 aliphatic carbocycles.